The standard InChI is InChI=1S/C16H17BrN4O/c17-14-4-1-7-19-15(14)21-10-2-3-13(11-21)20-16(22)12-5-8-18-9-6-12/h1,4-9,13H,2-3,10-11H2,(H,20,22). The van der Waals surface area contributed by atoms with Crippen molar-refractivity contribution in [3.8, 4) is 0 Å². The summed E-state index contributed by atoms with van der Waals surface area (Å²) in [5.41, 5.74) is 0.645. The van der Waals surface area contributed by atoms with E-state index in [2.05, 4.69) is 36.1 Å². The van der Waals surface area contributed by atoms with Gasteiger partial charge in [0, 0.05) is 43.3 Å². The molecule has 1 aliphatic rings. The van der Waals surface area contributed by atoms with Gasteiger partial charge in [-0.1, -0.05) is 0 Å². The number of hydrogen-bond donors (Lipinski definition) is 1. The molecule has 1 fully saturated rings. The Morgan fingerprint density at radius 3 is 2.86 bits per heavy atom. The third-order valence-electron chi connectivity index (χ3n) is 3.74. The first-order chi connectivity index (χ1) is 10.7. The Morgan fingerprint density at radius 2 is 2.09 bits per heavy atom. The lowest BCUT2D eigenvalue weighted by molar-refractivity contribution is 0.0933. The van der Waals surface area contributed by atoms with Gasteiger partial charge < -0.3 is 10.2 Å². The largest absolute Gasteiger partial charge is 0.354 e. The molecule has 0 aliphatic carbocycles. The first kappa shape index (κ1) is 15.0. The molecule has 0 saturated carbocycles. The number of rotatable bonds is 3. The lowest BCUT2D eigenvalue weighted by Crippen LogP contribution is -2.48. The van der Waals surface area contributed by atoms with Crippen LogP contribution in [0, 0.1) is 0 Å². The summed E-state index contributed by atoms with van der Waals surface area (Å²) in [5.74, 6) is 0.889. The van der Waals surface area contributed by atoms with Gasteiger partial charge in [0.05, 0.1) is 4.47 Å². The molecule has 0 radical (unpaired) electrons. The summed E-state index contributed by atoms with van der Waals surface area (Å²) in [4.78, 5) is 22.8. The van der Waals surface area contributed by atoms with E-state index in [9.17, 15) is 4.79 Å². The van der Waals surface area contributed by atoms with Gasteiger partial charge in [0.25, 0.3) is 5.91 Å². The molecule has 114 valence electrons. The Balaban J connectivity index is 1.66. The second-order valence-corrected chi connectivity index (χ2v) is 6.16. The normalized spacial score (nSPS) is 18.0. The van der Waals surface area contributed by atoms with Crippen molar-refractivity contribution < 1.29 is 4.79 Å². The molecular weight excluding hydrogens is 344 g/mol. The van der Waals surface area contributed by atoms with Crippen molar-refractivity contribution in [3.05, 3.63) is 52.9 Å². The van der Waals surface area contributed by atoms with Crippen LogP contribution in [-0.4, -0.2) is 35.0 Å². The van der Waals surface area contributed by atoms with E-state index < -0.39 is 0 Å². The van der Waals surface area contributed by atoms with E-state index in [0.717, 1.165) is 36.2 Å². The van der Waals surface area contributed by atoms with Crippen molar-refractivity contribution in [1.82, 2.24) is 15.3 Å². The molecule has 6 heteroatoms. The number of anilines is 1. The number of amides is 1. The molecule has 1 atom stereocenters. The average Bonchev–Trinajstić information content (AvgIpc) is 2.56. The predicted molar refractivity (Wildman–Crippen MR) is 88.9 cm³/mol. The topological polar surface area (TPSA) is 58.1 Å². The predicted octanol–water partition coefficient (Wildman–Crippen LogP) is 2.64. The van der Waals surface area contributed by atoms with Crippen molar-refractivity contribution >= 4 is 27.7 Å². The first-order valence-corrected chi connectivity index (χ1v) is 8.09. The van der Waals surface area contributed by atoms with Gasteiger partial charge in [-0.2, -0.15) is 0 Å². The minimum atomic E-state index is -0.0469. The SMILES string of the molecule is O=C(NC1CCCN(c2ncccc2Br)C1)c1ccncc1. The Morgan fingerprint density at radius 1 is 1.27 bits per heavy atom. The van der Waals surface area contributed by atoms with E-state index >= 15 is 0 Å². The lowest BCUT2D eigenvalue weighted by Gasteiger charge is -2.34. The molecule has 1 amide bonds. The van der Waals surface area contributed by atoms with E-state index in [1.54, 1.807) is 30.7 Å². The number of pyridine rings is 2. The van der Waals surface area contributed by atoms with E-state index in [1.807, 2.05) is 12.1 Å². The fourth-order valence-corrected chi connectivity index (χ4v) is 3.18. The van der Waals surface area contributed by atoms with Gasteiger partial charge in [0.15, 0.2) is 0 Å². The number of carbonyl (C=O) groups excluding carboxylic acids is 1. The lowest BCUT2D eigenvalue weighted by atomic mass is 10.1. The molecule has 0 bridgehead atoms. The molecule has 2 aromatic rings. The van der Waals surface area contributed by atoms with Crippen LogP contribution in [0.1, 0.15) is 23.2 Å². The number of hydrogen-bond acceptors (Lipinski definition) is 4. The van der Waals surface area contributed by atoms with Gasteiger partial charge in [0.1, 0.15) is 5.82 Å². The fourth-order valence-electron chi connectivity index (χ4n) is 2.67. The van der Waals surface area contributed by atoms with Crippen LogP contribution in [0.15, 0.2) is 47.3 Å². The summed E-state index contributed by atoms with van der Waals surface area (Å²) >= 11 is 3.54. The molecule has 5 nitrogen and oxygen atoms in total. The van der Waals surface area contributed by atoms with Gasteiger partial charge in [-0.15, -0.1) is 0 Å². The number of halogens is 1. The molecule has 1 saturated heterocycles. The van der Waals surface area contributed by atoms with Gasteiger partial charge in [-0.3, -0.25) is 9.78 Å². The molecule has 3 heterocycles. The van der Waals surface area contributed by atoms with Crippen LogP contribution < -0.4 is 10.2 Å². The maximum atomic E-state index is 12.2. The van der Waals surface area contributed by atoms with E-state index in [4.69, 9.17) is 0 Å². The molecule has 1 N–H and O–H groups in total. The molecule has 22 heavy (non-hydrogen) atoms. The molecule has 2 aromatic heterocycles. The highest BCUT2D eigenvalue weighted by Crippen LogP contribution is 2.25. The third kappa shape index (κ3) is 3.44. The Hall–Kier alpha value is -1.95. The van der Waals surface area contributed by atoms with Crippen molar-refractivity contribution in [2.45, 2.75) is 18.9 Å². The molecule has 0 aromatic carbocycles. The number of carbonyl (C=O) groups is 1. The maximum Gasteiger partial charge on any atom is 0.251 e. The average molecular weight is 361 g/mol. The van der Waals surface area contributed by atoms with Gasteiger partial charge in [-0.05, 0) is 53.0 Å². The zero-order chi connectivity index (χ0) is 15.4. The van der Waals surface area contributed by atoms with Crippen LogP contribution in [0.4, 0.5) is 5.82 Å². The van der Waals surface area contributed by atoms with E-state index in [-0.39, 0.29) is 11.9 Å². The zero-order valence-electron chi connectivity index (χ0n) is 12.1. The maximum absolute atomic E-state index is 12.2. The van der Waals surface area contributed by atoms with Crippen LogP contribution in [-0.2, 0) is 0 Å². The van der Waals surface area contributed by atoms with Gasteiger partial charge in [-0.25, -0.2) is 4.98 Å². The van der Waals surface area contributed by atoms with Crippen LogP contribution in [0.2, 0.25) is 0 Å². The monoisotopic (exact) mass is 360 g/mol. The molecule has 0 spiro atoms. The fraction of sp³-hybridized carbons (Fsp3) is 0.312. The second kappa shape index (κ2) is 6.87. The smallest absolute Gasteiger partial charge is 0.251 e. The van der Waals surface area contributed by atoms with Crippen LogP contribution in [0.3, 0.4) is 0 Å². The summed E-state index contributed by atoms with van der Waals surface area (Å²) in [6.45, 7) is 1.73. The molecule has 1 aliphatic heterocycles. The van der Waals surface area contributed by atoms with Crippen molar-refractivity contribution in [3.63, 3.8) is 0 Å². The van der Waals surface area contributed by atoms with Crippen molar-refractivity contribution in [1.29, 1.82) is 0 Å². The minimum absolute atomic E-state index is 0.0469. The number of aromatic nitrogens is 2. The Bertz CT molecular complexity index is 650. The van der Waals surface area contributed by atoms with Crippen molar-refractivity contribution in [2.75, 3.05) is 18.0 Å². The van der Waals surface area contributed by atoms with Crippen molar-refractivity contribution in [2.24, 2.45) is 0 Å². The highest BCUT2D eigenvalue weighted by molar-refractivity contribution is 9.10. The highest BCUT2D eigenvalue weighted by Gasteiger charge is 2.23. The highest BCUT2D eigenvalue weighted by atomic mass is 79.9. The zero-order valence-corrected chi connectivity index (χ0v) is 13.7. The Labute approximate surface area is 137 Å². The third-order valence-corrected chi connectivity index (χ3v) is 4.36. The number of nitrogens with zero attached hydrogens (tertiary/aromatic N) is 3. The minimum Gasteiger partial charge on any atom is -0.354 e. The molecule has 1 unspecified atom stereocenters. The summed E-state index contributed by atoms with van der Waals surface area (Å²) in [5, 5.41) is 3.10. The summed E-state index contributed by atoms with van der Waals surface area (Å²) in [6, 6.07) is 7.47. The van der Waals surface area contributed by atoms with Crippen LogP contribution in [0.25, 0.3) is 0 Å². The second-order valence-electron chi connectivity index (χ2n) is 5.30. The number of piperidine rings is 1. The summed E-state index contributed by atoms with van der Waals surface area (Å²) < 4.78 is 0.983. The van der Waals surface area contributed by atoms with E-state index in [1.165, 1.54) is 0 Å². The quantitative estimate of drug-likeness (QED) is 0.913. The van der Waals surface area contributed by atoms with Gasteiger partial charge >= 0.3 is 0 Å². The molecule has 3 rings (SSSR count). The van der Waals surface area contributed by atoms with E-state index in [0.29, 0.717) is 5.56 Å². The number of nitrogens with one attached hydrogen (secondary N) is 1. The van der Waals surface area contributed by atoms with Gasteiger partial charge in [0.2, 0.25) is 0 Å². The molecular formula is C16H17BrN4O. The Kier molecular flexibility index (Phi) is 4.68. The summed E-state index contributed by atoms with van der Waals surface area (Å²) in [6.07, 6.45) is 7.07. The van der Waals surface area contributed by atoms with Crippen LogP contribution in [0.5, 0.6) is 0 Å². The first-order valence-electron chi connectivity index (χ1n) is 7.30. The summed E-state index contributed by atoms with van der Waals surface area (Å²) in [7, 11) is 0. The van der Waals surface area contributed by atoms with Crippen LogP contribution >= 0.6 is 15.9 Å².